The summed E-state index contributed by atoms with van der Waals surface area (Å²) in [5.41, 5.74) is 1.17. The third-order valence-electron chi connectivity index (χ3n) is 5.34. The van der Waals surface area contributed by atoms with Crippen LogP contribution in [-0.4, -0.2) is 20.0 Å². The Morgan fingerprint density at radius 3 is 2.56 bits per heavy atom. The number of nitrogens with zero attached hydrogens (tertiary/aromatic N) is 3. The van der Waals surface area contributed by atoms with Crippen molar-refractivity contribution in [1.29, 1.82) is 0 Å². The summed E-state index contributed by atoms with van der Waals surface area (Å²) in [5, 5.41) is 3.58. The molecule has 0 fully saturated rings. The number of hydrogen-bond acceptors (Lipinski definition) is 4. The summed E-state index contributed by atoms with van der Waals surface area (Å²) in [6, 6.07) is 16.3. The van der Waals surface area contributed by atoms with E-state index in [-0.39, 0.29) is 12.5 Å². The van der Waals surface area contributed by atoms with Crippen LogP contribution in [0.25, 0.3) is 16.6 Å². The maximum atomic E-state index is 13.5. The van der Waals surface area contributed by atoms with Gasteiger partial charge in [0.05, 0.1) is 28.8 Å². The average molecular weight is 449 g/mol. The minimum absolute atomic E-state index is 0.226. The number of hydrogen-bond donors (Lipinski definition) is 1. The lowest BCUT2D eigenvalue weighted by Gasteiger charge is -2.19. The topological polar surface area (TPSA) is 86.0 Å². The number of para-hydroxylation sites is 1. The Balaban J connectivity index is 1.83. The van der Waals surface area contributed by atoms with Crippen LogP contribution in [0, 0.1) is 6.92 Å². The molecule has 1 amide bonds. The minimum Gasteiger partial charge on any atom is -0.349 e. The molecule has 4 aromatic rings. The van der Waals surface area contributed by atoms with E-state index in [1.165, 1.54) is 4.57 Å². The van der Waals surface area contributed by atoms with E-state index in [4.69, 9.17) is 11.6 Å². The molecule has 1 N–H and O–H groups in total. The Bertz CT molecular complexity index is 1430. The van der Waals surface area contributed by atoms with Gasteiger partial charge in [-0.1, -0.05) is 35.9 Å². The highest BCUT2D eigenvalue weighted by Crippen LogP contribution is 2.19. The van der Waals surface area contributed by atoms with Crippen LogP contribution >= 0.6 is 11.6 Å². The van der Waals surface area contributed by atoms with Crippen LogP contribution < -0.4 is 16.6 Å². The number of fused-ring (bicyclic) bond motifs is 1. The molecule has 162 valence electrons. The lowest BCUT2D eigenvalue weighted by Crippen LogP contribution is -2.43. The van der Waals surface area contributed by atoms with E-state index in [1.54, 1.807) is 67.7 Å². The Hall–Kier alpha value is -3.71. The fourth-order valence-electron chi connectivity index (χ4n) is 3.55. The van der Waals surface area contributed by atoms with Crippen molar-refractivity contribution in [3.05, 3.63) is 104 Å². The second-order valence-corrected chi connectivity index (χ2v) is 7.87. The third-order valence-corrected chi connectivity index (χ3v) is 5.75. The molecule has 0 aliphatic rings. The number of amides is 1. The summed E-state index contributed by atoms with van der Waals surface area (Å²) >= 11 is 6.24. The number of pyridine rings is 1. The fraction of sp³-hybridized carbons (Fsp3) is 0.167. The molecule has 2 heterocycles. The molecule has 7 nitrogen and oxygen atoms in total. The molecule has 0 saturated heterocycles. The maximum Gasteiger partial charge on any atom is 0.336 e. The van der Waals surface area contributed by atoms with E-state index in [0.717, 1.165) is 10.1 Å². The summed E-state index contributed by atoms with van der Waals surface area (Å²) in [5.74, 6) is -0.366. The molecule has 4 rings (SSSR count). The second-order valence-electron chi connectivity index (χ2n) is 7.46. The number of aromatic nitrogens is 3. The second kappa shape index (κ2) is 8.80. The molecule has 0 aliphatic carbocycles. The summed E-state index contributed by atoms with van der Waals surface area (Å²) in [7, 11) is 0. The van der Waals surface area contributed by atoms with Gasteiger partial charge in [0.15, 0.2) is 0 Å². The van der Waals surface area contributed by atoms with Crippen LogP contribution in [-0.2, 0) is 11.3 Å². The molecule has 2 aromatic heterocycles. The smallest absolute Gasteiger partial charge is 0.336 e. The van der Waals surface area contributed by atoms with Gasteiger partial charge < -0.3 is 5.32 Å². The standard InChI is InChI=1S/C24H21ClN4O3/c1-15-10-11-18(13-20(15)25)29-23(31)19-8-3-4-9-21(19)28(24(29)32)16(2)22(30)27-14-17-7-5-6-12-26-17/h3-13,16H,14H2,1-2H3,(H,27,30). The number of halogens is 1. The largest absolute Gasteiger partial charge is 0.349 e. The van der Waals surface area contributed by atoms with Gasteiger partial charge in [0.2, 0.25) is 5.91 Å². The van der Waals surface area contributed by atoms with Crippen molar-refractivity contribution in [2.24, 2.45) is 0 Å². The Kier molecular flexibility index (Phi) is 5.92. The lowest BCUT2D eigenvalue weighted by molar-refractivity contribution is -0.124. The SMILES string of the molecule is Cc1ccc(-n2c(=O)c3ccccc3n(C(C)C(=O)NCc3ccccn3)c2=O)cc1Cl. The van der Waals surface area contributed by atoms with Gasteiger partial charge in [-0.2, -0.15) is 0 Å². The van der Waals surface area contributed by atoms with E-state index in [2.05, 4.69) is 10.3 Å². The van der Waals surface area contributed by atoms with Crippen LogP contribution in [0.5, 0.6) is 0 Å². The molecular formula is C24H21ClN4O3. The van der Waals surface area contributed by atoms with Crippen LogP contribution in [0.2, 0.25) is 5.02 Å². The maximum absolute atomic E-state index is 13.5. The number of carbonyl (C=O) groups is 1. The molecule has 0 saturated carbocycles. The zero-order valence-electron chi connectivity index (χ0n) is 17.6. The van der Waals surface area contributed by atoms with E-state index in [9.17, 15) is 14.4 Å². The Morgan fingerprint density at radius 1 is 1.09 bits per heavy atom. The highest BCUT2D eigenvalue weighted by molar-refractivity contribution is 6.31. The highest BCUT2D eigenvalue weighted by atomic mass is 35.5. The number of nitrogens with one attached hydrogen (secondary N) is 1. The third kappa shape index (κ3) is 3.94. The molecule has 0 radical (unpaired) electrons. The molecular weight excluding hydrogens is 428 g/mol. The van der Waals surface area contributed by atoms with Crippen molar-refractivity contribution < 1.29 is 4.79 Å². The van der Waals surface area contributed by atoms with Gasteiger partial charge in [0.25, 0.3) is 5.56 Å². The summed E-state index contributed by atoms with van der Waals surface area (Å²) in [6.45, 7) is 3.68. The first-order valence-electron chi connectivity index (χ1n) is 10.1. The number of aryl methyl sites for hydroxylation is 1. The summed E-state index contributed by atoms with van der Waals surface area (Å²) < 4.78 is 2.38. The van der Waals surface area contributed by atoms with Gasteiger partial charge in [-0.05, 0) is 55.8 Å². The molecule has 0 aliphatic heterocycles. The minimum atomic E-state index is -0.871. The first-order chi connectivity index (χ1) is 15.4. The first kappa shape index (κ1) is 21.5. The van der Waals surface area contributed by atoms with Gasteiger partial charge in [0, 0.05) is 11.2 Å². The van der Waals surface area contributed by atoms with Crippen molar-refractivity contribution in [2.75, 3.05) is 0 Å². The highest BCUT2D eigenvalue weighted by Gasteiger charge is 2.22. The zero-order chi connectivity index (χ0) is 22.8. The molecule has 8 heteroatoms. The molecule has 0 bridgehead atoms. The molecule has 0 spiro atoms. The van der Waals surface area contributed by atoms with Crippen molar-refractivity contribution in [3.8, 4) is 5.69 Å². The van der Waals surface area contributed by atoms with Gasteiger partial charge in [-0.25, -0.2) is 9.36 Å². The van der Waals surface area contributed by atoms with Crippen molar-refractivity contribution in [1.82, 2.24) is 19.4 Å². The summed E-state index contributed by atoms with van der Waals surface area (Å²) in [6.07, 6.45) is 1.64. The number of carbonyl (C=O) groups excluding carboxylic acids is 1. The Morgan fingerprint density at radius 2 is 1.84 bits per heavy atom. The molecule has 2 aromatic carbocycles. The first-order valence-corrected chi connectivity index (χ1v) is 10.5. The molecule has 1 unspecified atom stereocenters. The number of rotatable bonds is 5. The van der Waals surface area contributed by atoms with Gasteiger partial charge >= 0.3 is 5.69 Å². The van der Waals surface area contributed by atoms with E-state index >= 15 is 0 Å². The van der Waals surface area contributed by atoms with Crippen molar-refractivity contribution in [3.63, 3.8) is 0 Å². The number of benzene rings is 2. The molecule has 1 atom stereocenters. The normalized spacial score (nSPS) is 12.0. The van der Waals surface area contributed by atoms with Gasteiger partial charge in [0.1, 0.15) is 6.04 Å². The van der Waals surface area contributed by atoms with E-state index in [0.29, 0.717) is 27.3 Å². The zero-order valence-corrected chi connectivity index (χ0v) is 18.3. The predicted molar refractivity (Wildman–Crippen MR) is 124 cm³/mol. The summed E-state index contributed by atoms with van der Waals surface area (Å²) in [4.78, 5) is 43.8. The van der Waals surface area contributed by atoms with Crippen LogP contribution in [0.3, 0.4) is 0 Å². The molecule has 32 heavy (non-hydrogen) atoms. The van der Waals surface area contributed by atoms with Crippen LogP contribution in [0.1, 0.15) is 24.2 Å². The van der Waals surface area contributed by atoms with Crippen LogP contribution in [0.15, 0.2) is 76.4 Å². The van der Waals surface area contributed by atoms with Gasteiger partial charge in [-0.15, -0.1) is 0 Å². The lowest BCUT2D eigenvalue weighted by atomic mass is 10.2. The fourth-order valence-corrected chi connectivity index (χ4v) is 3.73. The van der Waals surface area contributed by atoms with Crippen molar-refractivity contribution >= 4 is 28.4 Å². The van der Waals surface area contributed by atoms with Crippen LogP contribution in [0.4, 0.5) is 0 Å². The average Bonchev–Trinajstić information content (AvgIpc) is 2.80. The Labute approximate surface area is 188 Å². The van der Waals surface area contributed by atoms with Gasteiger partial charge in [-0.3, -0.25) is 19.1 Å². The quantitative estimate of drug-likeness (QED) is 0.507. The van der Waals surface area contributed by atoms with E-state index < -0.39 is 17.3 Å². The predicted octanol–water partition coefficient (Wildman–Crippen LogP) is 3.39. The van der Waals surface area contributed by atoms with Crippen molar-refractivity contribution in [2.45, 2.75) is 26.4 Å². The monoisotopic (exact) mass is 448 g/mol. The van der Waals surface area contributed by atoms with E-state index in [1.807, 2.05) is 13.0 Å².